The van der Waals surface area contributed by atoms with Crippen LogP contribution in [0, 0.1) is 0 Å². The number of phenols is 1. The maximum absolute atomic E-state index is 11.3. The molecule has 1 aromatic carbocycles. The summed E-state index contributed by atoms with van der Waals surface area (Å²) in [7, 11) is 1.71. The van der Waals surface area contributed by atoms with Crippen LogP contribution < -0.4 is 4.74 Å². The van der Waals surface area contributed by atoms with E-state index in [0.29, 0.717) is 28.7 Å². The van der Waals surface area contributed by atoms with Gasteiger partial charge < -0.3 is 19.7 Å². The summed E-state index contributed by atoms with van der Waals surface area (Å²) in [4.78, 5) is 15.5. The Kier molecular flexibility index (Phi) is 7.13. The molecule has 0 saturated heterocycles. The van der Waals surface area contributed by atoms with Gasteiger partial charge in [0, 0.05) is 31.1 Å². The van der Waals surface area contributed by atoms with Crippen LogP contribution in [0.1, 0.15) is 38.2 Å². The number of ether oxygens (including phenoxy) is 2. The van der Waals surface area contributed by atoms with Crippen molar-refractivity contribution in [3.05, 3.63) is 23.8 Å². The van der Waals surface area contributed by atoms with Crippen molar-refractivity contribution in [3.8, 4) is 11.5 Å². The number of rotatable bonds is 10. The van der Waals surface area contributed by atoms with Gasteiger partial charge in [0.05, 0.1) is 6.61 Å². The lowest BCUT2D eigenvalue weighted by Crippen LogP contribution is -2.33. The Bertz CT molecular complexity index is 634. The zero-order chi connectivity index (χ0) is 18.3. The molecule has 25 heavy (non-hydrogen) atoms. The first-order chi connectivity index (χ1) is 12.0. The first kappa shape index (κ1) is 19.6. The van der Waals surface area contributed by atoms with Gasteiger partial charge >= 0.3 is 5.97 Å². The van der Waals surface area contributed by atoms with E-state index in [1.165, 1.54) is 11.8 Å². The van der Waals surface area contributed by atoms with Crippen LogP contribution in [0.3, 0.4) is 0 Å². The minimum absolute atomic E-state index is 0.0542. The minimum Gasteiger partial charge on any atom is -0.507 e. The quantitative estimate of drug-likeness (QED) is 0.617. The lowest BCUT2D eigenvalue weighted by Gasteiger charge is -2.11. The second-order valence-electron chi connectivity index (χ2n) is 6.22. The summed E-state index contributed by atoms with van der Waals surface area (Å²) in [6.45, 7) is 2.97. The van der Waals surface area contributed by atoms with E-state index in [9.17, 15) is 15.0 Å². The van der Waals surface area contributed by atoms with Gasteiger partial charge in [-0.25, -0.2) is 4.79 Å². The molecule has 0 aliphatic carbocycles. The molecule has 0 aromatic heterocycles. The van der Waals surface area contributed by atoms with Crippen LogP contribution in [-0.2, 0) is 9.53 Å². The Morgan fingerprint density at radius 1 is 1.28 bits per heavy atom. The summed E-state index contributed by atoms with van der Waals surface area (Å²) in [6, 6.07) is 5.06. The number of aliphatic imine (C=N–C) groups is 1. The van der Waals surface area contributed by atoms with Crippen LogP contribution in [0.2, 0.25) is 0 Å². The van der Waals surface area contributed by atoms with E-state index in [-0.39, 0.29) is 5.75 Å². The van der Waals surface area contributed by atoms with Crippen LogP contribution in [0.5, 0.6) is 11.5 Å². The summed E-state index contributed by atoms with van der Waals surface area (Å²) >= 11 is 1.34. The van der Waals surface area contributed by atoms with Gasteiger partial charge in [-0.3, -0.25) is 4.99 Å². The molecular formula is C18H25NO5S. The van der Waals surface area contributed by atoms with E-state index < -0.39 is 11.5 Å². The van der Waals surface area contributed by atoms with E-state index in [2.05, 4.69) is 4.99 Å². The van der Waals surface area contributed by atoms with Gasteiger partial charge in [0.25, 0.3) is 0 Å². The van der Waals surface area contributed by atoms with Gasteiger partial charge in [-0.15, -0.1) is 11.8 Å². The molecule has 0 bridgehead atoms. The zero-order valence-corrected chi connectivity index (χ0v) is 15.5. The fraction of sp³-hybridized carbons (Fsp3) is 0.556. The number of carboxylic acid groups (broad SMARTS) is 1. The molecule has 1 aromatic rings. The third kappa shape index (κ3) is 5.37. The SMILES string of the molecule is COCCCCCCOc1ccc(C2=N[C@@](C)(C(=O)O)CS2)c(O)c1. The van der Waals surface area contributed by atoms with E-state index in [1.54, 1.807) is 32.2 Å². The molecule has 0 saturated carbocycles. The second-order valence-corrected chi connectivity index (χ2v) is 7.18. The van der Waals surface area contributed by atoms with E-state index in [1.807, 2.05) is 0 Å². The highest BCUT2D eigenvalue weighted by Gasteiger charge is 2.38. The van der Waals surface area contributed by atoms with Crippen molar-refractivity contribution in [1.82, 2.24) is 0 Å². The number of phenolic OH excluding ortho intramolecular Hbond substituents is 1. The van der Waals surface area contributed by atoms with Crippen LogP contribution >= 0.6 is 11.8 Å². The number of hydrogen-bond donors (Lipinski definition) is 2. The molecule has 1 aliphatic heterocycles. The third-order valence-electron chi connectivity index (χ3n) is 4.01. The highest BCUT2D eigenvalue weighted by Crippen LogP contribution is 2.35. The molecule has 6 nitrogen and oxygen atoms in total. The van der Waals surface area contributed by atoms with E-state index in [0.717, 1.165) is 32.3 Å². The molecule has 1 heterocycles. The van der Waals surface area contributed by atoms with Gasteiger partial charge in [0.2, 0.25) is 0 Å². The number of methoxy groups -OCH3 is 1. The highest BCUT2D eigenvalue weighted by molar-refractivity contribution is 8.14. The average molecular weight is 367 g/mol. The van der Waals surface area contributed by atoms with E-state index >= 15 is 0 Å². The topological polar surface area (TPSA) is 88.4 Å². The lowest BCUT2D eigenvalue weighted by molar-refractivity contribution is -0.141. The maximum atomic E-state index is 11.3. The summed E-state index contributed by atoms with van der Waals surface area (Å²) in [5, 5.41) is 20.0. The number of nitrogens with zero attached hydrogens (tertiary/aromatic N) is 1. The standard InChI is InChI=1S/C18H25NO5S/c1-18(17(21)22)12-25-16(19-18)14-8-7-13(11-15(14)20)24-10-6-4-3-5-9-23-2/h7-8,11,20H,3-6,9-10,12H2,1-2H3,(H,21,22)/t18-/m1/s1. The summed E-state index contributed by atoms with van der Waals surface area (Å²) in [5.41, 5.74) is -0.591. The number of thioether (sulfide) groups is 1. The molecule has 0 radical (unpaired) electrons. The predicted octanol–water partition coefficient (Wildman–Crippen LogP) is 3.31. The molecule has 7 heteroatoms. The number of carbonyl (C=O) groups is 1. The van der Waals surface area contributed by atoms with Crippen molar-refractivity contribution in [2.24, 2.45) is 4.99 Å². The summed E-state index contributed by atoms with van der Waals surface area (Å²) in [5.74, 6) is 0.0551. The number of aliphatic carboxylic acids is 1. The van der Waals surface area contributed by atoms with Crippen LogP contribution in [0.25, 0.3) is 0 Å². The Morgan fingerprint density at radius 3 is 2.60 bits per heavy atom. The van der Waals surface area contributed by atoms with Gasteiger partial charge in [0.15, 0.2) is 5.54 Å². The van der Waals surface area contributed by atoms with E-state index in [4.69, 9.17) is 9.47 Å². The number of carboxylic acids is 1. The van der Waals surface area contributed by atoms with Crippen molar-refractivity contribution in [2.45, 2.75) is 38.1 Å². The maximum Gasteiger partial charge on any atom is 0.332 e. The highest BCUT2D eigenvalue weighted by atomic mass is 32.2. The number of unbranched alkanes of at least 4 members (excludes halogenated alkanes) is 3. The summed E-state index contributed by atoms with van der Waals surface area (Å²) in [6.07, 6.45) is 4.20. The fourth-order valence-corrected chi connectivity index (χ4v) is 3.62. The lowest BCUT2D eigenvalue weighted by atomic mass is 10.1. The Labute approximate surface area is 152 Å². The van der Waals surface area contributed by atoms with Gasteiger partial charge in [-0.1, -0.05) is 6.42 Å². The Hall–Kier alpha value is -1.73. The van der Waals surface area contributed by atoms with Crippen LogP contribution in [0.15, 0.2) is 23.2 Å². The molecule has 1 aliphatic rings. The second kappa shape index (κ2) is 9.10. The number of benzene rings is 1. The molecule has 1 atom stereocenters. The fourth-order valence-electron chi connectivity index (χ4n) is 2.42. The molecule has 2 N–H and O–H groups in total. The van der Waals surface area contributed by atoms with Crippen LogP contribution in [-0.4, -0.2) is 52.8 Å². The summed E-state index contributed by atoms with van der Waals surface area (Å²) < 4.78 is 10.7. The van der Waals surface area contributed by atoms with Crippen molar-refractivity contribution in [3.63, 3.8) is 0 Å². The Balaban J connectivity index is 1.88. The first-order valence-electron chi connectivity index (χ1n) is 8.37. The normalized spacial score (nSPS) is 19.7. The monoisotopic (exact) mass is 367 g/mol. The van der Waals surface area contributed by atoms with Gasteiger partial charge in [0.1, 0.15) is 16.5 Å². The zero-order valence-electron chi connectivity index (χ0n) is 14.7. The molecule has 0 spiro atoms. The minimum atomic E-state index is -1.13. The molecule has 0 amide bonds. The van der Waals surface area contributed by atoms with Crippen molar-refractivity contribution in [2.75, 3.05) is 26.1 Å². The van der Waals surface area contributed by atoms with Crippen molar-refractivity contribution in [1.29, 1.82) is 0 Å². The molecule has 0 unspecified atom stereocenters. The smallest absolute Gasteiger partial charge is 0.332 e. The molecule has 0 fully saturated rings. The third-order valence-corrected chi connectivity index (χ3v) is 5.30. The van der Waals surface area contributed by atoms with Crippen molar-refractivity contribution < 1.29 is 24.5 Å². The molecular weight excluding hydrogens is 342 g/mol. The van der Waals surface area contributed by atoms with Gasteiger partial charge in [-0.2, -0.15) is 0 Å². The predicted molar refractivity (Wildman–Crippen MR) is 99.0 cm³/mol. The Morgan fingerprint density at radius 2 is 2.00 bits per heavy atom. The van der Waals surface area contributed by atoms with Crippen LogP contribution in [0.4, 0.5) is 0 Å². The molecule has 138 valence electrons. The molecule has 2 rings (SSSR count). The first-order valence-corrected chi connectivity index (χ1v) is 9.36. The average Bonchev–Trinajstić information content (AvgIpc) is 2.98. The van der Waals surface area contributed by atoms with Gasteiger partial charge in [-0.05, 0) is 38.3 Å². The number of hydrogen-bond acceptors (Lipinski definition) is 6. The number of aromatic hydroxyl groups is 1. The largest absolute Gasteiger partial charge is 0.507 e. The van der Waals surface area contributed by atoms with Crippen molar-refractivity contribution >= 4 is 22.8 Å².